The van der Waals surface area contributed by atoms with E-state index in [2.05, 4.69) is 21.3 Å². The SMILES string of the molecule is C/C=C/C[C@@H](C)[C@@H](O)[C@@H]1C(=O)N[C@@H](CC)C(=O)N(C)CC(=O)N(C)[C@@H](CC(C)C)C(=O)N[C@@H](C(C)C)C(=O)N(C)[C@@H](CC(C)C)C(=O)N[C@@H](C)C(=O)N[C@H](C)C(=O)N(C)[C@@H](CC(C)C)C(=O)N(C)[C@H](CC(C)C)C(=O)N(C)[C@H](C(C)C)C(=O)N1C. The van der Waals surface area contributed by atoms with Gasteiger partial charge in [-0.3, -0.25) is 52.7 Å². The van der Waals surface area contributed by atoms with Crippen LogP contribution >= 0.6 is 0 Å². The highest BCUT2D eigenvalue weighted by Gasteiger charge is 2.45. The summed E-state index contributed by atoms with van der Waals surface area (Å²) < 4.78 is 0. The third-order valence-corrected chi connectivity index (χ3v) is 16.1. The van der Waals surface area contributed by atoms with E-state index in [1.165, 1.54) is 87.7 Å². The molecule has 0 aliphatic carbocycles. The van der Waals surface area contributed by atoms with Crippen molar-refractivity contribution in [2.24, 2.45) is 41.4 Å². The Bertz CT molecular complexity index is 2330. The zero-order valence-electron chi connectivity index (χ0n) is 56.1. The van der Waals surface area contributed by atoms with Gasteiger partial charge in [-0.25, -0.2) is 0 Å². The maximum Gasteiger partial charge on any atom is 0.246 e. The van der Waals surface area contributed by atoms with E-state index in [-0.39, 0.29) is 55.8 Å². The fraction of sp³-hybridized carbons (Fsp3) is 0.790. The van der Waals surface area contributed by atoms with Crippen LogP contribution in [-0.4, -0.2) is 227 Å². The number of allylic oxidation sites excluding steroid dienone is 2. The van der Waals surface area contributed by atoms with Crippen molar-refractivity contribution in [1.29, 1.82) is 0 Å². The van der Waals surface area contributed by atoms with Gasteiger partial charge in [-0.05, 0) is 101 Å². The predicted octanol–water partition coefficient (Wildman–Crippen LogP) is 3.27. The number of nitrogens with zero attached hydrogens (tertiary/aromatic N) is 7. The number of amides is 11. The molecule has 1 heterocycles. The highest BCUT2D eigenvalue weighted by atomic mass is 16.3. The molecule has 1 aliphatic heterocycles. The van der Waals surface area contributed by atoms with E-state index in [1.54, 1.807) is 54.5 Å². The Labute approximate surface area is 508 Å². The Morgan fingerprint density at radius 3 is 1.32 bits per heavy atom. The van der Waals surface area contributed by atoms with Crippen molar-refractivity contribution >= 4 is 65.0 Å². The minimum absolute atomic E-state index is 0.0229. The maximum absolute atomic E-state index is 15.1. The van der Waals surface area contributed by atoms with Crippen molar-refractivity contribution in [3.63, 3.8) is 0 Å². The largest absolute Gasteiger partial charge is 0.390 e. The zero-order valence-corrected chi connectivity index (χ0v) is 56.1. The summed E-state index contributed by atoms with van der Waals surface area (Å²) in [6.45, 7) is 29.3. The van der Waals surface area contributed by atoms with Gasteiger partial charge in [0.15, 0.2) is 0 Å². The summed E-state index contributed by atoms with van der Waals surface area (Å²) in [6, 6.07) is -12.3. The summed E-state index contributed by atoms with van der Waals surface area (Å²) in [4.78, 5) is 169. The van der Waals surface area contributed by atoms with Crippen LogP contribution in [0.25, 0.3) is 0 Å². The molecule has 0 unspecified atom stereocenters. The summed E-state index contributed by atoms with van der Waals surface area (Å²) >= 11 is 0. The molecule has 0 radical (unpaired) electrons. The molecule has 1 saturated heterocycles. The van der Waals surface area contributed by atoms with Gasteiger partial charge in [0.25, 0.3) is 0 Å². The Hall–Kier alpha value is -6.13. The van der Waals surface area contributed by atoms with Crippen molar-refractivity contribution < 1.29 is 57.8 Å². The number of carbonyl (C=O) groups excluding carboxylic acids is 11. The average Bonchev–Trinajstić information content (AvgIpc) is 3.62. The highest BCUT2D eigenvalue weighted by molar-refractivity contribution is 5.99. The van der Waals surface area contributed by atoms with Gasteiger partial charge < -0.3 is 60.7 Å². The Balaban J connectivity index is 4.32. The van der Waals surface area contributed by atoms with Crippen LogP contribution in [0.3, 0.4) is 0 Å². The first kappa shape index (κ1) is 76.9. The number of likely N-dealkylation sites (N-methyl/N-ethyl adjacent to an activating group) is 7. The molecule has 0 aromatic rings. The molecule has 1 rings (SSSR count). The predicted molar refractivity (Wildman–Crippen MR) is 328 cm³/mol. The quantitative estimate of drug-likeness (QED) is 0.148. The molecule has 0 bridgehead atoms. The first-order valence-electron chi connectivity index (χ1n) is 30.6. The third kappa shape index (κ3) is 21.7. The molecule has 486 valence electrons. The molecule has 0 aromatic carbocycles. The molecule has 0 spiro atoms. The van der Waals surface area contributed by atoms with Crippen molar-refractivity contribution in [3.8, 4) is 0 Å². The van der Waals surface area contributed by atoms with Crippen LogP contribution in [0.2, 0.25) is 0 Å². The molecule has 85 heavy (non-hydrogen) atoms. The van der Waals surface area contributed by atoms with Crippen LogP contribution in [0, 0.1) is 41.4 Å². The molecular formula is C62H111N11O12. The summed E-state index contributed by atoms with van der Waals surface area (Å²) in [7, 11) is 9.92. The normalized spacial score (nSPS) is 26.9. The Morgan fingerprint density at radius 2 is 0.871 bits per heavy atom. The van der Waals surface area contributed by atoms with Crippen molar-refractivity contribution in [1.82, 2.24) is 55.6 Å². The first-order chi connectivity index (χ1) is 39.2. The molecule has 5 N–H and O–H groups in total. The number of rotatable bonds is 15. The van der Waals surface area contributed by atoms with E-state index in [0.29, 0.717) is 6.42 Å². The fourth-order valence-electron chi connectivity index (χ4n) is 10.7. The van der Waals surface area contributed by atoms with Crippen LogP contribution in [0.5, 0.6) is 0 Å². The molecule has 11 amide bonds. The van der Waals surface area contributed by atoms with Gasteiger partial charge in [0, 0.05) is 49.3 Å². The Morgan fingerprint density at radius 1 is 0.459 bits per heavy atom. The van der Waals surface area contributed by atoms with E-state index in [4.69, 9.17) is 0 Å². The number of aliphatic hydroxyl groups is 1. The van der Waals surface area contributed by atoms with Gasteiger partial charge in [0.1, 0.15) is 60.4 Å². The van der Waals surface area contributed by atoms with E-state index < -0.39 is 156 Å². The topological polar surface area (TPSA) is 279 Å². The number of carbonyl (C=O) groups is 11. The Kier molecular flexibility index (Phi) is 31.5. The lowest BCUT2D eigenvalue weighted by Gasteiger charge is -2.41. The van der Waals surface area contributed by atoms with Crippen LogP contribution in [0.15, 0.2) is 12.2 Å². The number of hydrogen-bond acceptors (Lipinski definition) is 12. The minimum Gasteiger partial charge on any atom is -0.390 e. The lowest BCUT2D eigenvalue weighted by molar-refractivity contribution is -0.157. The standard InChI is InChI=1S/C62H111N11O12/c1-25-27-28-40(15)52(75)51-56(79)65-43(26-2)58(81)67(18)33-48(74)68(19)44(29-34(3)4)55(78)66-49(38(11)12)61(84)69(20)45(30-35(5)6)54(77)63-41(16)53(76)64-42(17)57(80)70(21)46(31-36(7)8)59(82)71(22)47(32-37(9)10)60(83)72(23)50(39(13)14)62(85)73(51)24/h25,27,34-47,49-52,75H,26,28-33H2,1-24H3,(H,63,77)(H,64,76)(H,65,79)(H,66,78)/b27-25+/t40-,41+,42-,43+,44+,45+,46+,47-,49+,50-,51-,52-/m1/s1. The summed E-state index contributed by atoms with van der Waals surface area (Å²) in [5.41, 5.74) is 0. The highest BCUT2D eigenvalue weighted by Crippen LogP contribution is 2.26. The second-order valence-corrected chi connectivity index (χ2v) is 26.1. The summed E-state index contributed by atoms with van der Waals surface area (Å²) in [5.74, 6) is -9.71. The molecule has 0 aromatic heterocycles. The lowest BCUT2D eigenvalue weighted by Crippen LogP contribution is -2.63. The van der Waals surface area contributed by atoms with E-state index in [0.717, 1.165) is 9.80 Å². The van der Waals surface area contributed by atoms with Gasteiger partial charge in [-0.15, -0.1) is 0 Å². The number of hydrogen-bond donors (Lipinski definition) is 5. The van der Waals surface area contributed by atoms with E-state index in [1.807, 2.05) is 61.5 Å². The molecule has 12 atom stereocenters. The molecule has 1 fully saturated rings. The van der Waals surface area contributed by atoms with Crippen LogP contribution in [0.1, 0.15) is 156 Å². The second kappa shape index (κ2) is 34.9. The van der Waals surface area contributed by atoms with Gasteiger partial charge in [-0.1, -0.05) is 109 Å². The second-order valence-electron chi connectivity index (χ2n) is 26.1. The first-order valence-corrected chi connectivity index (χ1v) is 30.6. The summed E-state index contributed by atoms with van der Waals surface area (Å²) in [6.07, 6.45) is 3.04. The average molecular weight is 1200 g/mol. The maximum atomic E-state index is 15.1. The minimum atomic E-state index is -1.61. The van der Waals surface area contributed by atoms with Crippen LogP contribution in [0.4, 0.5) is 0 Å². The molecule has 1 aliphatic rings. The van der Waals surface area contributed by atoms with E-state index >= 15 is 9.59 Å². The monoisotopic (exact) mass is 1200 g/mol. The van der Waals surface area contributed by atoms with E-state index in [9.17, 15) is 48.3 Å². The van der Waals surface area contributed by atoms with Gasteiger partial charge in [-0.2, -0.15) is 0 Å². The van der Waals surface area contributed by atoms with Crippen molar-refractivity contribution in [3.05, 3.63) is 12.2 Å². The molecule has 23 heteroatoms. The van der Waals surface area contributed by atoms with Gasteiger partial charge >= 0.3 is 0 Å². The molecule has 0 saturated carbocycles. The number of aliphatic hydroxyl groups excluding tert-OH is 1. The number of nitrogens with one attached hydrogen (secondary N) is 4. The van der Waals surface area contributed by atoms with Gasteiger partial charge in [0.05, 0.1) is 12.6 Å². The van der Waals surface area contributed by atoms with Crippen LogP contribution < -0.4 is 21.3 Å². The van der Waals surface area contributed by atoms with Crippen molar-refractivity contribution in [2.45, 2.75) is 223 Å². The van der Waals surface area contributed by atoms with Crippen molar-refractivity contribution in [2.75, 3.05) is 55.9 Å². The smallest absolute Gasteiger partial charge is 0.246 e. The van der Waals surface area contributed by atoms with Crippen LogP contribution in [-0.2, 0) is 52.7 Å². The zero-order chi connectivity index (χ0) is 66.0. The molecular weight excluding hydrogens is 1090 g/mol. The third-order valence-electron chi connectivity index (χ3n) is 16.1. The van der Waals surface area contributed by atoms with Gasteiger partial charge in [0.2, 0.25) is 65.0 Å². The molecule has 23 nitrogen and oxygen atoms in total. The lowest BCUT2D eigenvalue weighted by atomic mass is 9.91. The fourth-order valence-corrected chi connectivity index (χ4v) is 10.7. The summed E-state index contributed by atoms with van der Waals surface area (Å²) in [5, 5.41) is 23.1.